The summed E-state index contributed by atoms with van der Waals surface area (Å²) in [6.45, 7) is 3.22. The predicted octanol–water partition coefficient (Wildman–Crippen LogP) is 1.43. The maximum Gasteiger partial charge on any atom is 0.316 e. The van der Waals surface area contributed by atoms with E-state index in [1.807, 2.05) is 37.3 Å². The standard InChI is InChI=1S/C24H29N5O4/c1-5-21-22(28-23(16-25-21)17-14-26-24(33-4)27-15-17)7-9-29(8-6-10-30)18-11-19(31-2)13-20(12-18)32-3/h5,7,11-16,30H,6,8-10H2,1-4H3/b21-5+,22-7+. The summed E-state index contributed by atoms with van der Waals surface area (Å²) in [5, 5.41) is 10.9. The van der Waals surface area contributed by atoms with Crippen molar-refractivity contribution in [3.05, 3.63) is 47.5 Å². The van der Waals surface area contributed by atoms with Gasteiger partial charge in [0.05, 0.1) is 43.9 Å². The molecule has 0 aliphatic carbocycles. The van der Waals surface area contributed by atoms with Crippen molar-refractivity contribution in [2.75, 3.05) is 45.9 Å². The third-order valence-corrected chi connectivity index (χ3v) is 5.00. The molecule has 3 aromatic rings. The number of aromatic nitrogens is 4. The molecule has 0 bridgehead atoms. The highest BCUT2D eigenvalue weighted by Crippen LogP contribution is 2.28. The van der Waals surface area contributed by atoms with Crippen molar-refractivity contribution >= 4 is 17.8 Å². The molecular formula is C24H29N5O4. The first kappa shape index (κ1) is 23.9. The van der Waals surface area contributed by atoms with Crippen molar-refractivity contribution in [1.29, 1.82) is 0 Å². The summed E-state index contributed by atoms with van der Waals surface area (Å²) in [5.41, 5.74) is 2.33. The zero-order valence-electron chi connectivity index (χ0n) is 19.4. The summed E-state index contributed by atoms with van der Waals surface area (Å²) >= 11 is 0. The highest BCUT2D eigenvalue weighted by atomic mass is 16.5. The fourth-order valence-electron chi connectivity index (χ4n) is 3.24. The molecule has 0 atom stereocenters. The van der Waals surface area contributed by atoms with Gasteiger partial charge in [-0.15, -0.1) is 0 Å². The fourth-order valence-corrected chi connectivity index (χ4v) is 3.24. The zero-order valence-corrected chi connectivity index (χ0v) is 19.4. The van der Waals surface area contributed by atoms with Crippen LogP contribution in [0, 0.1) is 0 Å². The molecule has 9 heteroatoms. The van der Waals surface area contributed by atoms with Crippen LogP contribution in [0.1, 0.15) is 13.3 Å². The van der Waals surface area contributed by atoms with Crippen LogP contribution < -0.4 is 29.8 Å². The predicted molar refractivity (Wildman–Crippen MR) is 127 cm³/mol. The monoisotopic (exact) mass is 451 g/mol. The Balaban J connectivity index is 1.98. The molecule has 174 valence electrons. The molecule has 2 aromatic heterocycles. The molecule has 0 aliphatic rings. The summed E-state index contributed by atoms with van der Waals surface area (Å²) in [7, 11) is 4.76. The molecule has 0 aliphatic heterocycles. The highest BCUT2D eigenvalue weighted by molar-refractivity contribution is 5.58. The first-order chi connectivity index (χ1) is 16.1. The van der Waals surface area contributed by atoms with E-state index in [1.54, 1.807) is 32.8 Å². The molecule has 3 rings (SSSR count). The number of anilines is 1. The van der Waals surface area contributed by atoms with Crippen LogP contribution in [0.15, 0.2) is 36.8 Å². The molecule has 0 amide bonds. The van der Waals surface area contributed by atoms with Gasteiger partial charge in [-0.25, -0.2) is 15.0 Å². The number of benzene rings is 1. The number of aliphatic hydroxyl groups excluding tert-OH is 1. The average Bonchev–Trinajstić information content (AvgIpc) is 2.88. The van der Waals surface area contributed by atoms with E-state index >= 15 is 0 Å². The van der Waals surface area contributed by atoms with Gasteiger partial charge in [0, 0.05) is 61.5 Å². The minimum atomic E-state index is 0.0956. The highest BCUT2D eigenvalue weighted by Gasteiger charge is 2.10. The van der Waals surface area contributed by atoms with Gasteiger partial charge in [-0.05, 0) is 19.4 Å². The van der Waals surface area contributed by atoms with E-state index in [-0.39, 0.29) is 6.61 Å². The molecule has 0 fully saturated rings. The Morgan fingerprint density at radius 1 is 0.909 bits per heavy atom. The lowest BCUT2D eigenvalue weighted by atomic mass is 10.2. The SMILES string of the molecule is C/C=c1/ncc(-c2cnc(OC)nc2)n/c1=C/CN(CCCO)c1cc(OC)cc(OC)c1. The van der Waals surface area contributed by atoms with Gasteiger partial charge in [-0.2, -0.15) is 0 Å². The Kier molecular flexibility index (Phi) is 8.54. The Hall–Kier alpha value is -3.72. The van der Waals surface area contributed by atoms with Crippen molar-refractivity contribution in [2.24, 2.45) is 0 Å². The van der Waals surface area contributed by atoms with Crippen LogP contribution in [0.2, 0.25) is 0 Å². The normalized spacial score (nSPS) is 12.0. The molecule has 1 N–H and O–H groups in total. The van der Waals surface area contributed by atoms with E-state index in [2.05, 4.69) is 19.9 Å². The lowest BCUT2D eigenvalue weighted by molar-refractivity contribution is 0.290. The summed E-state index contributed by atoms with van der Waals surface area (Å²) in [6, 6.07) is 6.01. The lowest BCUT2D eigenvalue weighted by Gasteiger charge is -2.24. The minimum Gasteiger partial charge on any atom is -0.497 e. The maximum atomic E-state index is 9.40. The molecule has 0 radical (unpaired) electrons. The molecule has 9 nitrogen and oxygen atoms in total. The van der Waals surface area contributed by atoms with Gasteiger partial charge in [0.15, 0.2) is 0 Å². The van der Waals surface area contributed by atoms with Crippen molar-refractivity contribution in [3.63, 3.8) is 0 Å². The van der Waals surface area contributed by atoms with Gasteiger partial charge in [-0.3, -0.25) is 4.98 Å². The second-order valence-electron chi connectivity index (χ2n) is 7.07. The minimum absolute atomic E-state index is 0.0956. The topological polar surface area (TPSA) is 103 Å². The van der Waals surface area contributed by atoms with Crippen LogP contribution in [-0.2, 0) is 0 Å². The molecule has 2 heterocycles. The van der Waals surface area contributed by atoms with Gasteiger partial charge in [0.25, 0.3) is 0 Å². The summed E-state index contributed by atoms with van der Waals surface area (Å²) < 4.78 is 15.9. The van der Waals surface area contributed by atoms with E-state index in [0.29, 0.717) is 42.7 Å². The number of nitrogens with zero attached hydrogens (tertiary/aromatic N) is 5. The lowest BCUT2D eigenvalue weighted by Crippen LogP contribution is -2.34. The quantitative estimate of drug-likeness (QED) is 0.490. The molecule has 0 unspecified atom stereocenters. The third kappa shape index (κ3) is 6.17. The van der Waals surface area contributed by atoms with E-state index in [1.165, 1.54) is 7.11 Å². The summed E-state index contributed by atoms with van der Waals surface area (Å²) in [6.07, 6.45) is 9.57. The second kappa shape index (κ2) is 11.8. The number of hydrogen-bond acceptors (Lipinski definition) is 9. The van der Waals surface area contributed by atoms with Gasteiger partial charge in [0.2, 0.25) is 0 Å². The van der Waals surface area contributed by atoms with Crippen LogP contribution in [0.4, 0.5) is 5.69 Å². The van der Waals surface area contributed by atoms with Crippen molar-refractivity contribution in [3.8, 4) is 28.8 Å². The van der Waals surface area contributed by atoms with Crippen molar-refractivity contribution in [1.82, 2.24) is 19.9 Å². The first-order valence-corrected chi connectivity index (χ1v) is 10.6. The smallest absolute Gasteiger partial charge is 0.316 e. The van der Waals surface area contributed by atoms with Gasteiger partial charge in [0.1, 0.15) is 11.5 Å². The van der Waals surface area contributed by atoms with E-state index in [9.17, 15) is 5.11 Å². The number of methoxy groups -OCH3 is 3. The number of ether oxygens (including phenoxy) is 3. The Labute approximate surface area is 193 Å². The van der Waals surface area contributed by atoms with Crippen LogP contribution >= 0.6 is 0 Å². The van der Waals surface area contributed by atoms with Crippen LogP contribution in [0.5, 0.6) is 17.5 Å². The fraction of sp³-hybridized carbons (Fsp3) is 0.333. The molecule has 33 heavy (non-hydrogen) atoms. The van der Waals surface area contributed by atoms with E-state index in [4.69, 9.17) is 19.2 Å². The molecule has 1 aromatic carbocycles. The maximum absolute atomic E-state index is 9.40. The summed E-state index contributed by atoms with van der Waals surface area (Å²) in [5.74, 6) is 1.39. The first-order valence-electron chi connectivity index (χ1n) is 10.6. The average molecular weight is 452 g/mol. The van der Waals surface area contributed by atoms with E-state index in [0.717, 1.165) is 21.9 Å². The Bertz CT molecular complexity index is 1150. The molecular weight excluding hydrogens is 422 g/mol. The summed E-state index contributed by atoms with van der Waals surface area (Å²) in [4.78, 5) is 19.8. The van der Waals surface area contributed by atoms with Crippen molar-refractivity contribution in [2.45, 2.75) is 13.3 Å². The molecule has 0 spiro atoms. The number of rotatable bonds is 10. The van der Waals surface area contributed by atoms with Gasteiger partial charge < -0.3 is 24.2 Å². The largest absolute Gasteiger partial charge is 0.497 e. The number of aliphatic hydroxyl groups is 1. The molecule has 0 saturated heterocycles. The molecule has 0 saturated carbocycles. The second-order valence-corrected chi connectivity index (χ2v) is 7.07. The van der Waals surface area contributed by atoms with Crippen LogP contribution in [-0.4, -0.2) is 66.1 Å². The Morgan fingerprint density at radius 2 is 1.61 bits per heavy atom. The number of hydrogen-bond donors (Lipinski definition) is 1. The van der Waals surface area contributed by atoms with Gasteiger partial charge >= 0.3 is 6.01 Å². The van der Waals surface area contributed by atoms with Crippen molar-refractivity contribution < 1.29 is 19.3 Å². The van der Waals surface area contributed by atoms with E-state index < -0.39 is 0 Å². The van der Waals surface area contributed by atoms with Crippen LogP contribution in [0.25, 0.3) is 23.4 Å². The zero-order chi connectivity index (χ0) is 23.6. The Morgan fingerprint density at radius 3 is 2.18 bits per heavy atom. The van der Waals surface area contributed by atoms with Gasteiger partial charge in [-0.1, -0.05) is 6.08 Å². The van der Waals surface area contributed by atoms with Crippen LogP contribution in [0.3, 0.4) is 0 Å². The third-order valence-electron chi connectivity index (χ3n) is 5.00.